The summed E-state index contributed by atoms with van der Waals surface area (Å²) < 4.78 is 36.9. The van der Waals surface area contributed by atoms with E-state index >= 15 is 0 Å². The lowest BCUT2D eigenvalue weighted by Gasteiger charge is -2.00. The second-order valence-electron chi connectivity index (χ2n) is 2.88. The Labute approximate surface area is 82.5 Å². The van der Waals surface area contributed by atoms with Crippen molar-refractivity contribution >= 4 is 22.5 Å². The molecule has 2 aromatic rings. The van der Waals surface area contributed by atoms with Crippen molar-refractivity contribution in [2.75, 3.05) is 0 Å². The van der Waals surface area contributed by atoms with Crippen molar-refractivity contribution in [1.29, 1.82) is 0 Å². The summed E-state index contributed by atoms with van der Waals surface area (Å²) in [5.41, 5.74) is -0.384. The molecule has 0 saturated carbocycles. The predicted octanol–water partition coefficient (Wildman–Crippen LogP) is 3.84. The number of nitrogens with one attached hydrogen (secondary N) is 1. The second kappa shape index (κ2) is 2.92. The smallest absolute Gasteiger partial charge is 0.351 e. The summed E-state index contributed by atoms with van der Waals surface area (Å²) in [5, 5.41) is 0.704. The van der Waals surface area contributed by atoms with Gasteiger partial charge in [0.1, 0.15) is 5.69 Å². The molecule has 0 aliphatic carbocycles. The van der Waals surface area contributed by atoms with Crippen LogP contribution in [0.25, 0.3) is 10.9 Å². The van der Waals surface area contributed by atoms with Crippen LogP contribution in [0.4, 0.5) is 13.2 Å². The molecule has 14 heavy (non-hydrogen) atoms. The van der Waals surface area contributed by atoms with E-state index in [1.54, 1.807) is 18.2 Å². The average Bonchev–Trinajstić information content (AvgIpc) is 2.48. The molecule has 1 nitrogen and oxygen atoms in total. The minimum atomic E-state index is -4.36. The summed E-state index contributed by atoms with van der Waals surface area (Å²) in [7, 11) is 0. The summed E-state index contributed by atoms with van der Waals surface area (Å²) in [6.45, 7) is 0. The van der Waals surface area contributed by atoms with Crippen molar-refractivity contribution in [3.8, 4) is 0 Å². The molecule has 0 atom stereocenters. The van der Waals surface area contributed by atoms with Crippen LogP contribution in [-0.2, 0) is 6.18 Å². The van der Waals surface area contributed by atoms with Gasteiger partial charge in [0.2, 0.25) is 0 Å². The molecule has 0 aliphatic rings. The molecule has 2 rings (SSSR count). The maximum atomic E-state index is 12.3. The third-order valence-corrected chi connectivity index (χ3v) is 2.25. The zero-order valence-electron chi connectivity index (χ0n) is 6.82. The Morgan fingerprint density at radius 3 is 2.50 bits per heavy atom. The summed E-state index contributed by atoms with van der Waals surface area (Å²) in [6, 6.07) is 5.72. The number of fused-ring (bicyclic) bond motifs is 1. The number of aromatic nitrogens is 1. The monoisotopic (exact) mass is 219 g/mol. The molecule has 0 radical (unpaired) electrons. The van der Waals surface area contributed by atoms with Crippen LogP contribution in [-0.4, -0.2) is 4.98 Å². The lowest BCUT2D eigenvalue weighted by atomic mass is 10.2. The molecular formula is C9H5ClF3N. The van der Waals surface area contributed by atoms with E-state index in [1.165, 1.54) is 0 Å². The molecule has 5 heteroatoms. The number of halogens is 4. The highest BCUT2D eigenvalue weighted by molar-refractivity contribution is 6.35. The molecule has 1 aromatic heterocycles. The molecule has 0 bridgehead atoms. The fraction of sp³-hybridized carbons (Fsp3) is 0.111. The first-order valence-electron chi connectivity index (χ1n) is 3.83. The van der Waals surface area contributed by atoms with Gasteiger partial charge < -0.3 is 4.98 Å². The number of alkyl halides is 3. The van der Waals surface area contributed by atoms with Crippen LogP contribution < -0.4 is 0 Å². The van der Waals surface area contributed by atoms with Gasteiger partial charge in [0.15, 0.2) is 0 Å². The third-order valence-electron chi connectivity index (χ3n) is 1.92. The fourth-order valence-electron chi connectivity index (χ4n) is 1.27. The largest absolute Gasteiger partial charge is 0.431 e. The zero-order valence-corrected chi connectivity index (χ0v) is 7.58. The van der Waals surface area contributed by atoms with E-state index in [0.717, 1.165) is 6.07 Å². The molecule has 0 spiro atoms. The van der Waals surface area contributed by atoms with Crippen LogP contribution in [0, 0.1) is 0 Å². The molecule has 1 N–H and O–H groups in total. The minimum Gasteiger partial charge on any atom is -0.351 e. The molecule has 0 saturated heterocycles. The van der Waals surface area contributed by atoms with Crippen LogP contribution in [0.3, 0.4) is 0 Å². The van der Waals surface area contributed by atoms with E-state index in [2.05, 4.69) is 4.98 Å². The van der Waals surface area contributed by atoms with Crippen LogP contribution in [0.15, 0.2) is 24.3 Å². The number of hydrogen-bond acceptors (Lipinski definition) is 0. The Hall–Kier alpha value is -1.16. The normalized spacial score (nSPS) is 12.3. The summed E-state index contributed by atoms with van der Waals surface area (Å²) in [4.78, 5) is 2.27. The standard InChI is InChI=1S/C9H5ClF3N/c10-6-2-1-3-7-5(6)4-8(14-7)9(11,12)13/h1-4,14H. The van der Waals surface area contributed by atoms with Gasteiger partial charge in [0, 0.05) is 15.9 Å². The van der Waals surface area contributed by atoms with Gasteiger partial charge in [0.25, 0.3) is 0 Å². The van der Waals surface area contributed by atoms with E-state index in [1.807, 2.05) is 0 Å². The number of hydrogen-bond donors (Lipinski definition) is 1. The molecule has 74 valence electrons. The highest BCUT2D eigenvalue weighted by Gasteiger charge is 2.32. The van der Waals surface area contributed by atoms with Crippen LogP contribution in [0.1, 0.15) is 5.69 Å². The van der Waals surface area contributed by atoms with Crippen molar-refractivity contribution in [2.24, 2.45) is 0 Å². The Morgan fingerprint density at radius 1 is 1.21 bits per heavy atom. The topological polar surface area (TPSA) is 15.8 Å². The van der Waals surface area contributed by atoms with Gasteiger partial charge in [-0.05, 0) is 18.2 Å². The van der Waals surface area contributed by atoms with Crippen LogP contribution in [0.5, 0.6) is 0 Å². The minimum absolute atomic E-state index is 0.314. The van der Waals surface area contributed by atoms with Crippen LogP contribution >= 0.6 is 11.6 Å². The van der Waals surface area contributed by atoms with Gasteiger partial charge >= 0.3 is 6.18 Å². The summed E-state index contributed by atoms with van der Waals surface area (Å²) >= 11 is 5.73. The summed E-state index contributed by atoms with van der Waals surface area (Å²) in [6.07, 6.45) is -4.36. The van der Waals surface area contributed by atoms with E-state index in [4.69, 9.17) is 11.6 Å². The zero-order chi connectivity index (χ0) is 10.3. The molecule has 0 aliphatic heterocycles. The summed E-state index contributed by atoms with van der Waals surface area (Å²) in [5.74, 6) is 0. The van der Waals surface area contributed by atoms with Crippen LogP contribution in [0.2, 0.25) is 5.02 Å². The highest BCUT2D eigenvalue weighted by Crippen LogP contribution is 2.33. The van der Waals surface area contributed by atoms with Gasteiger partial charge in [-0.15, -0.1) is 0 Å². The first-order chi connectivity index (χ1) is 6.48. The molecule has 1 heterocycles. The lowest BCUT2D eigenvalue weighted by molar-refractivity contribution is -0.140. The third kappa shape index (κ3) is 1.46. The lowest BCUT2D eigenvalue weighted by Crippen LogP contribution is -2.04. The first-order valence-corrected chi connectivity index (χ1v) is 4.21. The first kappa shape index (κ1) is 9.40. The van der Waals surface area contributed by atoms with Gasteiger partial charge in [-0.1, -0.05) is 17.7 Å². The van der Waals surface area contributed by atoms with Crippen molar-refractivity contribution in [3.05, 3.63) is 35.0 Å². The number of aromatic amines is 1. The molecular weight excluding hydrogens is 215 g/mol. The second-order valence-corrected chi connectivity index (χ2v) is 3.29. The van der Waals surface area contributed by atoms with Crippen molar-refractivity contribution in [2.45, 2.75) is 6.18 Å². The van der Waals surface area contributed by atoms with Gasteiger partial charge in [-0.3, -0.25) is 0 Å². The Balaban J connectivity index is 2.69. The van der Waals surface area contributed by atoms with Crippen molar-refractivity contribution < 1.29 is 13.2 Å². The highest BCUT2D eigenvalue weighted by atomic mass is 35.5. The molecule has 1 aromatic carbocycles. The van der Waals surface area contributed by atoms with E-state index < -0.39 is 11.9 Å². The van der Waals surface area contributed by atoms with E-state index in [9.17, 15) is 13.2 Å². The number of rotatable bonds is 0. The van der Waals surface area contributed by atoms with Gasteiger partial charge in [0.05, 0.1) is 0 Å². The van der Waals surface area contributed by atoms with E-state index in [0.29, 0.717) is 15.9 Å². The Morgan fingerprint density at radius 2 is 1.93 bits per heavy atom. The Bertz CT molecular complexity index is 472. The van der Waals surface area contributed by atoms with Crippen molar-refractivity contribution in [1.82, 2.24) is 4.98 Å². The van der Waals surface area contributed by atoms with Crippen molar-refractivity contribution in [3.63, 3.8) is 0 Å². The quantitative estimate of drug-likeness (QED) is 0.693. The van der Waals surface area contributed by atoms with E-state index in [-0.39, 0.29) is 0 Å². The fourth-order valence-corrected chi connectivity index (χ4v) is 1.50. The maximum absolute atomic E-state index is 12.3. The molecule has 0 amide bonds. The molecule has 0 fully saturated rings. The number of H-pyrrole nitrogens is 1. The Kier molecular flexibility index (Phi) is 1.96. The predicted molar refractivity (Wildman–Crippen MR) is 48.3 cm³/mol. The maximum Gasteiger partial charge on any atom is 0.431 e. The van der Waals surface area contributed by atoms with Gasteiger partial charge in [-0.25, -0.2) is 0 Å². The SMILES string of the molecule is FC(F)(F)c1cc2c(Cl)cccc2[nH]1. The average molecular weight is 220 g/mol. The molecule has 0 unspecified atom stereocenters. The van der Waals surface area contributed by atoms with Gasteiger partial charge in [-0.2, -0.15) is 13.2 Å². The number of benzene rings is 1.